The maximum Gasteiger partial charge on any atom is 0.0935 e. The zero-order valence-electron chi connectivity index (χ0n) is 11.3. The van der Waals surface area contributed by atoms with E-state index < -0.39 is 6.10 Å². The molecule has 0 aliphatic rings. The van der Waals surface area contributed by atoms with Crippen molar-refractivity contribution in [2.24, 2.45) is 7.05 Å². The van der Waals surface area contributed by atoms with Crippen molar-refractivity contribution in [3.05, 3.63) is 41.6 Å². The number of hydrogen-bond acceptors (Lipinski definition) is 3. The van der Waals surface area contributed by atoms with Crippen LogP contribution in [0.25, 0.3) is 0 Å². The molecular weight excluding hydrogens is 228 g/mol. The number of aliphatic hydroxyl groups excluding tert-OH is 1. The largest absolute Gasteiger partial charge is 0.472 e. The summed E-state index contributed by atoms with van der Waals surface area (Å²) in [5, 5.41) is 14.8. The average Bonchev–Trinajstić information content (AvgIpc) is 2.85. The summed E-state index contributed by atoms with van der Waals surface area (Å²) >= 11 is 0. The minimum Gasteiger partial charge on any atom is -0.472 e. The highest BCUT2D eigenvalue weighted by atomic mass is 16.3. The Morgan fingerprint density at radius 1 is 1.44 bits per heavy atom. The van der Waals surface area contributed by atoms with Crippen LogP contribution in [-0.4, -0.2) is 14.9 Å². The van der Waals surface area contributed by atoms with E-state index in [9.17, 15) is 5.11 Å². The monoisotopic (exact) mass is 248 g/mol. The van der Waals surface area contributed by atoms with Crippen LogP contribution in [0.1, 0.15) is 43.7 Å². The van der Waals surface area contributed by atoms with Gasteiger partial charge in [0, 0.05) is 30.6 Å². The van der Waals surface area contributed by atoms with Crippen molar-refractivity contribution in [1.82, 2.24) is 9.78 Å². The molecule has 1 atom stereocenters. The van der Waals surface area contributed by atoms with Gasteiger partial charge in [-0.15, -0.1) is 0 Å². The van der Waals surface area contributed by atoms with Crippen LogP contribution in [0.15, 0.2) is 29.2 Å². The van der Waals surface area contributed by atoms with Crippen molar-refractivity contribution in [3.63, 3.8) is 0 Å². The second kappa shape index (κ2) is 4.61. The molecular formula is C14H20N2O2. The minimum atomic E-state index is -0.550. The molecule has 1 unspecified atom stereocenters. The van der Waals surface area contributed by atoms with Gasteiger partial charge in [-0.05, 0) is 11.6 Å². The van der Waals surface area contributed by atoms with Crippen molar-refractivity contribution in [3.8, 4) is 0 Å². The van der Waals surface area contributed by atoms with E-state index in [2.05, 4.69) is 25.9 Å². The Balaban J connectivity index is 2.27. The second-order valence-electron chi connectivity index (χ2n) is 5.71. The first-order valence-electron chi connectivity index (χ1n) is 6.11. The predicted octanol–water partition coefficient (Wildman–Crippen LogP) is 2.59. The first-order chi connectivity index (χ1) is 8.38. The van der Waals surface area contributed by atoms with Gasteiger partial charge < -0.3 is 9.52 Å². The molecule has 0 saturated carbocycles. The minimum absolute atomic E-state index is 0.0754. The maximum absolute atomic E-state index is 10.4. The van der Waals surface area contributed by atoms with E-state index in [-0.39, 0.29) is 5.41 Å². The van der Waals surface area contributed by atoms with E-state index in [0.717, 1.165) is 16.8 Å². The standard InChI is InChI=1S/C14H20N2O2/c1-14(2,3)13-11(8-16(4)15-13)12(17)7-10-5-6-18-9-10/h5-6,8-9,12,17H,7H2,1-4H3. The molecule has 98 valence electrons. The molecule has 0 spiro atoms. The summed E-state index contributed by atoms with van der Waals surface area (Å²) in [6.07, 6.45) is 5.17. The van der Waals surface area contributed by atoms with Crippen LogP contribution in [-0.2, 0) is 18.9 Å². The van der Waals surface area contributed by atoms with E-state index in [0.29, 0.717) is 6.42 Å². The third-order valence-electron chi connectivity index (χ3n) is 2.94. The second-order valence-corrected chi connectivity index (χ2v) is 5.71. The first-order valence-corrected chi connectivity index (χ1v) is 6.11. The van der Waals surface area contributed by atoms with Crippen LogP contribution in [0.5, 0.6) is 0 Å². The van der Waals surface area contributed by atoms with Gasteiger partial charge >= 0.3 is 0 Å². The lowest BCUT2D eigenvalue weighted by atomic mass is 9.87. The lowest BCUT2D eigenvalue weighted by Gasteiger charge is -2.19. The lowest BCUT2D eigenvalue weighted by Crippen LogP contribution is -2.16. The summed E-state index contributed by atoms with van der Waals surface area (Å²) in [4.78, 5) is 0. The van der Waals surface area contributed by atoms with Crippen molar-refractivity contribution in [1.29, 1.82) is 0 Å². The zero-order valence-corrected chi connectivity index (χ0v) is 11.3. The normalized spacial score (nSPS) is 13.8. The number of aliphatic hydroxyl groups is 1. The average molecular weight is 248 g/mol. The fraction of sp³-hybridized carbons (Fsp3) is 0.500. The van der Waals surface area contributed by atoms with Gasteiger partial charge in [-0.1, -0.05) is 20.8 Å². The van der Waals surface area contributed by atoms with Gasteiger partial charge in [0.05, 0.1) is 24.3 Å². The highest BCUT2D eigenvalue weighted by molar-refractivity contribution is 5.27. The number of hydrogen-bond donors (Lipinski definition) is 1. The maximum atomic E-state index is 10.4. The van der Waals surface area contributed by atoms with Crippen molar-refractivity contribution < 1.29 is 9.52 Å². The number of nitrogens with zero attached hydrogens (tertiary/aromatic N) is 2. The highest BCUT2D eigenvalue weighted by Crippen LogP contribution is 2.29. The Morgan fingerprint density at radius 3 is 2.72 bits per heavy atom. The van der Waals surface area contributed by atoms with Crippen LogP contribution in [0.2, 0.25) is 0 Å². The molecule has 2 heterocycles. The Morgan fingerprint density at radius 2 is 2.17 bits per heavy atom. The SMILES string of the molecule is Cn1cc(C(O)Cc2ccoc2)c(C(C)(C)C)n1. The van der Waals surface area contributed by atoms with Crippen LogP contribution in [0.4, 0.5) is 0 Å². The van der Waals surface area contributed by atoms with Gasteiger partial charge in [-0.3, -0.25) is 4.68 Å². The molecule has 2 aromatic rings. The molecule has 1 N–H and O–H groups in total. The smallest absolute Gasteiger partial charge is 0.0935 e. The van der Waals surface area contributed by atoms with Gasteiger partial charge in [0.25, 0.3) is 0 Å². The number of aryl methyl sites for hydroxylation is 1. The predicted molar refractivity (Wildman–Crippen MR) is 69.3 cm³/mol. The Kier molecular flexibility index (Phi) is 3.30. The van der Waals surface area contributed by atoms with Crippen molar-refractivity contribution in [2.75, 3.05) is 0 Å². The van der Waals surface area contributed by atoms with Gasteiger partial charge in [-0.2, -0.15) is 5.10 Å². The van der Waals surface area contributed by atoms with Gasteiger partial charge in [0.1, 0.15) is 0 Å². The number of rotatable bonds is 3. The topological polar surface area (TPSA) is 51.2 Å². The van der Waals surface area contributed by atoms with Gasteiger partial charge in [0.2, 0.25) is 0 Å². The Hall–Kier alpha value is -1.55. The zero-order chi connectivity index (χ0) is 13.3. The lowest BCUT2D eigenvalue weighted by molar-refractivity contribution is 0.175. The molecule has 0 amide bonds. The highest BCUT2D eigenvalue weighted by Gasteiger charge is 2.25. The third kappa shape index (κ3) is 2.64. The van der Waals surface area contributed by atoms with E-state index in [1.165, 1.54) is 0 Å². The summed E-state index contributed by atoms with van der Waals surface area (Å²) in [5.74, 6) is 0. The third-order valence-corrected chi connectivity index (χ3v) is 2.94. The molecule has 0 bridgehead atoms. The van der Waals surface area contributed by atoms with E-state index >= 15 is 0 Å². The Bertz CT molecular complexity index is 506. The molecule has 18 heavy (non-hydrogen) atoms. The quantitative estimate of drug-likeness (QED) is 0.908. The van der Waals surface area contributed by atoms with Gasteiger partial charge in [-0.25, -0.2) is 0 Å². The first kappa shape index (κ1) is 12.9. The fourth-order valence-corrected chi connectivity index (χ4v) is 2.08. The molecule has 0 aromatic carbocycles. The molecule has 0 radical (unpaired) electrons. The summed E-state index contributed by atoms with van der Waals surface area (Å²) in [7, 11) is 1.88. The van der Waals surface area contributed by atoms with Crippen LogP contribution < -0.4 is 0 Å². The fourth-order valence-electron chi connectivity index (χ4n) is 2.08. The number of aromatic nitrogens is 2. The molecule has 0 aliphatic carbocycles. The van der Waals surface area contributed by atoms with Crippen LogP contribution >= 0.6 is 0 Å². The van der Waals surface area contributed by atoms with Crippen LogP contribution in [0.3, 0.4) is 0 Å². The molecule has 4 heteroatoms. The Labute approximate surface area is 107 Å². The summed E-state index contributed by atoms with van der Waals surface area (Å²) in [6, 6.07) is 1.87. The van der Waals surface area contributed by atoms with Gasteiger partial charge in [0.15, 0.2) is 0 Å². The van der Waals surface area contributed by atoms with E-state index in [1.54, 1.807) is 17.2 Å². The molecule has 0 saturated heterocycles. The molecule has 4 nitrogen and oxygen atoms in total. The molecule has 2 rings (SSSR count). The van der Waals surface area contributed by atoms with Crippen LogP contribution in [0, 0.1) is 0 Å². The summed E-state index contributed by atoms with van der Waals surface area (Å²) in [6.45, 7) is 6.30. The van der Waals surface area contributed by atoms with Crippen molar-refractivity contribution >= 4 is 0 Å². The van der Waals surface area contributed by atoms with E-state index in [1.807, 2.05) is 19.3 Å². The molecule has 2 aromatic heterocycles. The molecule has 0 fully saturated rings. The van der Waals surface area contributed by atoms with E-state index in [4.69, 9.17) is 4.42 Å². The van der Waals surface area contributed by atoms with Crippen molar-refractivity contribution in [2.45, 2.75) is 38.7 Å². The molecule has 0 aliphatic heterocycles. The summed E-state index contributed by atoms with van der Waals surface area (Å²) < 4.78 is 6.78. The number of furan rings is 1. The summed E-state index contributed by atoms with van der Waals surface area (Å²) in [5.41, 5.74) is 2.76.